The smallest absolute Gasteiger partial charge is 0.308 e. The first-order valence-electron chi connectivity index (χ1n) is 8.89. The Morgan fingerprint density at radius 1 is 1.36 bits per heavy atom. The monoisotopic (exact) mass is 502 g/mol. The molecule has 0 aromatic heterocycles. The predicted octanol–water partition coefficient (Wildman–Crippen LogP) is 3.12. The van der Waals surface area contributed by atoms with Gasteiger partial charge in [0.1, 0.15) is 0 Å². The number of halogens is 1. The lowest BCUT2D eigenvalue weighted by atomic mass is 9.97. The molecule has 9 heteroatoms. The highest BCUT2D eigenvalue weighted by atomic mass is 127. The predicted molar refractivity (Wildman–Crippen MR) is 119 cm³/mol. The zero-order chi connectivity index (χ0) is 19.8. The number of benzene rings is 1. The van der Waals surface area contributed by atoms with Gasteiger partial charge in [-0.05, 0) is 25.3 Å². The van der Waals surface area contributed by atoms with Gasteiger partial charge in [0.25, 0.3) is 5.69 Å². The molecule has 0 atom stereocenters. The Hall–Kier alpha value is -2.17. The largest absolute Gasteiger partial charge is 0.469 e. The molecule has 0 bridgehead atoms. The molecule has 1 aromatic rings. The fourth-order valence-electron chi connectivity index (χ4n) is 2.88. The van der Waals surface area contributed by atoms with Crippen molar-refractivity contribution in [1.82, 2.24) is 10.2 Å². The van der Waals surface area contributed by atoms with Crippen molar-refractivity contribution in [2.45, 2.75) is 26.3 Å². The number of hydrogen-bond acceptors (Lipinski definition) is 5. The average Bonchev–Trinajstić information content (AvgIpc) is 2.67. The third kappa shape index (κ3) is 7.10. The van der Waals surface area contributed by atoms with E-state index in [2.05, 4.69) is 21.8 Å². The second-order valence-electron chi connectivity index (χ2n) is 6.66. The molecule has 0 amide bonds. The number of nitro groups is 1. The van der Waals surface area contributed by atoms with Crippen LogP contribution in [-0.4, -0.2) is 48.5 Å². The molecule has 1 aliphatic heterocycles. The maximum absolute atomic E-state index is 11.7. The van der Waals surface area contributed by atoms with Crippen LogP contribution in [0.25, 0.3) is 0 Å². The van der Waals surface area contributed by atoms with Crippen molar-refractivity contribution in [3.05, 3.63) is 52.1 Å². The Bertz CT molecular complexity index is 713. The third-order valence-electron chi connectivity index (χ3n) is 4.44. The van der Waals surface area contributed by atoms with Crippen molar-refractivity contribution >= 4 is 41.6 Å². The van der Waals surface area contributed by atoms with E-state index in [1.165, 1.54) is 19.2 Å². The fraction of sp³-hybridized carbons (Fsp3) is 0.474. The summed E-state index contributed by atoms with van der Waals surface area (Å²) in [5, 5.41) is 14.0. The minimum atomic E-state index is -0.418. The van der Waals surface area contributed by atoms with Gasteiger partial charge in [-0.15, -0.1) is 24.0 Å². The Labute approximate surface area is 182 Å². The Morgan fingerprint density at radius 3 is 2.46 bits per heavy atom. The van der Waals surface area contributed by atoms with Crippen LogP contribution in [0.1, 0.15) is 25.3 Å². The van der Waals surface area contributed by atoms with Crippen LogP contribution in [0.5, 0.6) is 0 Å². The Kier molecular flexibility index (Phi) is 9.91. The summed E-state index contributed by atoms with van der Waals surface area (Å²) in [4.78, 5) is 28.8. The second-order valence-corrected chi connectivity index (χ2v) is 6.66. The van der Waals surface area contributed by atoms with E-state index < -0.39 is 4.92 Å². The van der Waals surface area contributed by atoms with Gasteiger partial charge < -0.3 is 15.0 Å². The molecule has 28 heavy (non-hydrogen) atoms. The molecule has 0 radical (unpaired) electrons. The number of nitro benzene ring substituents is 1. The van der Waals surface area contributed by atoms with Gasteiger partial charge in [-0.25, -0.2) is 4.99 Å². The molecule has 154 valence electrons. The van der Waals surface area contributed by atoms with Gasteiger partial charge in [0.2, 0.25) is 0 Å². The molecule has 1 N–H and O–H groups in total. The molecule has 8 nitrogen and oxygen atoms in total. The SMILES string of the molecule is C=C(C)CNC(=NCc1ccc([N+](=O)[O-])cc1)N1CCC(C(=O)OC)CC1.I. The number of carbonyl (C=O) groups excluding carboxylic acids is 1. The van der Waals surface area contributed by atoms with Crippen molar-refractivity contribution in [1.29, 1.82) is 0 Å². The zero-order valence-electron chi connectivity index (χ0n) is 16.2. The first kappa shape index (κ1) is 23.9. The molecular weight excluding hydrogens is 475 g/mol. The van der Waals surface area contributed by atoms with E-state index in [4.69, 9.17) is 4.74 Å². The van der Waals surface area contributed by atoms with Crippen molar-refractivity contribution in [2.75, 3.05) is 26.7 Å². The highest BCUT2D eigenvalue weighted by Gasteiger charge is 2.27. The Morgan fingerprint density at radius 2 is 1.96 bits per heavy atom. The van der Waals surface area contributed by atoms with E-state index in [9.17, 15) is 14.9 Å². The maximum atomic E-state index is 11.7. The van der Waals surface area contributed by atoms with E-state index in [1.807, 2.05) is 6.92 Å². The van der Waals surface area contributed by atoms with Crippen LogP contribution >= 0.6 is 24.0 Å². The number of hydrogen-bond donors (Lipinski definition) is 1. The van der Waals surface area contributed by atoms with Crippen LogP contribution in [0.4, 0.5) is 5.69 Å². The number of rotatable bonds is 6. The minimum absolute atomic E-state index is 0. The lowest BCUT2D eigenvalue weighted by Gasteiger charge is -2.33. The molecule has 0 unspecified atom stereocenters. The number of likely N-dealkylation sites (tertiary alicyclic amines) is 1. The van der Waals surface area contributed by atoms with Crippen molar-refractivity contribution in [2.24, 2.45) is 10.9 Å². The lowest BCUT2D eigenvalue weighted by molar-refractivity contribution is -0.384. The third-order valence-corrected chi connectivity index (χ3v) is 4.44. The average molecular weight is 502 g/mol. The topological polar surface area (TPSA) is 97.1 Å². The molecule has 1 aliphatic rings. The standard InChI is InChI=1S/C19H26N4O4.HI/c1-14(2)12-20-19(22-10-8-16(9-11-22)18(24)27-3)21-13-15-4-6-17(7-5-15)23(25)26;/h4-7,16H,1,8-13H2,2-3H3,(H,20,21);1H. The first-order valence-corrected chi connectivity index (χ1v) is 8.89. The molecular formula is C19H27IN4O4. The number of piperidine rings is 1. The summed E-state index contributed by atoms with van der Waals surface area (Å²) >= 11 is 0. The molecule has 1 fully saturated rings. The van der Waals surface area contributed by atoms with Crippen LogP contribution in [0.2, 0.25) is 0 Å². The minimum Gasteiger partial charge on any atom is -0.469 e. The van der Waals surface area contributed by atoms with Gasteiger partial charge >= 0.3 is 5.97 Å². The van der Waals surface area contributed by atoms with Crippen LogP contribution < -0.4 is 5.32 Å². The number of ether oxygens (including phenoxy) is 1. The summed E-state index contributed by atoms with van der Waals surface area (Å²) in [6.07, 6.45) is 1.44. The summed E-state index contributed by atoms with van der Waals surface area (Å²) in [6.45, 7) is 8.28. The van der Waals surface area contributed by atoms with Gasteiger partial charge in [-0.2, -0.15) is 0 Å². The molecule has 0 saturated carbocycles. The number of methoxy groups -OCH3 is 1. The number of nitrogens with one attached hydrogen (secondary N) is 1. The number of aliphatic imine (C=N–C) groups is 1. The number of carbonyl (C=O) groups is 1. The summed E-state index contributed by atoms with van der Waals surface area (Å²) in [6, 6.07) is 6.38. The van der Waals surface area contributed by atoms with Crippen molar-refractivity contribution in [3.8, 4) is 0 Å². The highest BCUT2D eigenvalue weighted by molar-refractivity contribution is 14.0. The van der Waals surface area contributed by atoms with Crippen LogP contribution in [-0.2, 0) is 16.1 Å². The fourth-order valence-corrected chi connectivity index (χ4v) is 2.88. The molecule has 0 spiro atoms. The molecule has 0 aliphatic carbocycles. The molecule has 1 aromatic carbocycles. The van der Waals surface area contributed by atoms with E-state index in [0.29, 0.717) is 26.2 Å². The highest BCUT2D eigenvalue weighted by Crippen LogP contribution is 2.19. The van der Waals surface area contributed by atoms with Gasteiger partial charge in [-0.1, -0.05) is 24.3 Å². The molecule has 1 saturated heterocycles. The molecule has 2 rings (SSSR count). The van der Waals surface area contributed by atoms with E-state index in [1.54, 1.807) is 12.1 Å². The van der Waals surface area contributed by atoms with Crippen molar-refractivity contribution in [3.63, 3.8) is 0 Å². The van der Waals surface area contributed by atoms with Crippen LogP contribution in [0, 0.1) is 16.0 Å². The van der Waals surface area contributed by atoms with E-state index >= 15 is 0 Å². The first-order chi connectivity index (χ1) is 12.9. The van der Waals surface area contributed by atoms with Crippen LogP contribution in [0.3, 0.4) is 0 Å². The number of esters is 1. The number of guanidine groups is 1. The van der Waals surface area contributed by atoms with Gasteiger partial charge in [0, 0.05) is 31.8 Å². The van der Waals surface area contributed by atoms with Gasteiger partial charge in [0.05, 0.1) is 24.5 Å². The van der Waals surface area contributed by atoms with Gasteiger partial charge in [0.15, 0.2) is 5.96 Å². The van der Waals surface area contributed by atoms with E-state index in [0.717, 1.165) is 29.9 Å². The maximum Gasteiger partial charge on any atom is 0.308 e. The normalized spacial score (nSPS) is 14.8. The lowest BCUT2D eigenvalue weighted by Crippen LogP contribution is -2.47. The number of nitrogens with zero attached hydrogens (tertiary/aromatic N) is 3. The summed E-state index contributed by atoms with van der Waals surface area (Å²) < 4.78 is 4.83. The summed E-state index contributed by atoms with van der Waals surface area (Å²) in [5.74, 6) is 0.525. The number of non-ortho nitro benzene ring substituents is 1. The van der Waals surface area contributed by atoms with E-state index in [-0.39, 0.29) is 41.6 Å². The zero-order valence-corrected chi connectivity index (χ0v) is 18.5. The second kappa shape index (κ2) is 11.6. The van der Waals surface area contributed by atoms with Crippen LogP contribution in [0.15, 0.2) is 41.4 Å². The summed E-state index contributed by atoms with van der Waals surface area (Å²) in [5.41, 5.74) is 1.94. The van der Waals surface area contributed by atoms with Gasteiger partial charge in [-0.3, -0.25) is 14.9 Å². The Balaban J connectivity index is 0.00000392. The summed E-state index contributed by atoms with van der Waals surface area (Å²) in [7, 11) is 1.42. The molecule has 1 heterocycles. The van der Waals surface area contributed by atoms with Crippen molar-refractivity contribution < 1.29 is 14.5 Å². The quantitative estimate of drug-likeness (QED) is 0.122.